The third kappa shape index (κ3) is 8.19. The lowest BCUT2D eigenvalue weighted by atomic mass is 9.89. The lowest BCUT2D eigenvalue weighted by Gasteiger charge is -2.20. The van der Waals surface area contributed by atoms with Gasteiger partial charge in [0.25, 0.3) is 5.92 Å². The summed E-state index contributed by atoms with van der Waals surface area (Å²) in [4.78, 5) is 10.9. The van der Waals surface area contributed by atoms with Gasteiger partial charge < -0.3 is 15.0 Å². The van der Waals surface area contributed by atoms with Crippen LogP contribution in [-0.2, 0) is 11.2 Å². The van der Waals surface area contributed by atoms with E-state index in [1.165, 1.54) is 6.08 Å². The second-order valence-electron chi connectivity index (χ2n) is 8.02. The van der Waals surface area contributed by atoms with Gasteiger partial charge in [0.2, 0.25) is 0 Å². The summed E-state index contributed by atoms with van der Waals surface area (Å²) < 4.78 is 28.6. The van der Waals surface area contributed by atoms with Crippen LogP contribution in [-0.4, -0.2) is 34.1 Å². The summed E-state index contributed by atoms with van der Waals surface area (Å²) in [5.41, 5.74) is 0.865. The van der Waals surface area contributed by atoms with Crippen LogP contribution < -0.4 is 0 Å². The van der Waals surface area contributed by atoms with Crippen molar-refractivity contribution in [3.63, 3.8) is 0 Å². The second-order valence-corrected chi connectivity index (χ2v) is 8.02. The van der Waals surface area contributed by atoms with Crippen LogP contribution in [0.4, 0.5) is 8.78 Å². The van der Waals surface area contributed by atoms with Gasteiger partial charge in [-0.2, -0.15) is 0 Å². The minimum atomic E-state index is -2.96. The number of aliphatic hydroxyl groups is 2. The predicted molar refractivity (Wildman–Crippen MR) is 111 cm³/mol. The van der Waals surface area contributed by atoms with Crippen LogP contribution in [0, 0.1) is 11.8 Å². The first-order chi connectivity index (χ1) is 13.8. The molecule has 2 N–H and O–H groups in total. The van der Waals surface area contributed by atoms with E-state index in [2.05, 4.69) is 0 Å². The molecule has 1 fully saturated rings. The number of ketones is 1. The SMILES string of the molecule is CC(=O)CCC/C=C\C[C@@H]1[C@@H](C=CC(F)(F)CCc2ccccc2)[C@H](O)C[C@@H]1O. The van der Waals surface area contributed by atoms with Crippen molar-refractivity contribution in [3.8, 4) is 0 Å². The van der Waals surface area contributed by atoms with E-state index in [1.54, 1.807) is 6.92 Å². The fourth-order valence-corrected chi connectivity index (χ4v) is 3.84. The molecule has 0 amide bonds. The number of aliphatic hydroxyl groups excluding tert-OH is 2. The highest BCUT2D eigenvalue weighted by molar-refractivity contribution is 5.75. The molecule has 3 nitrogen and oxygen atoms in total. The Bertz CT molecular complexity index is 685. The van der Waals surface area contributed by atoms with Gasteiger partial charge in [-0.3, -0.25) is 0 Å². The Morgan fingerprint density at radius 1 is 1.17 bits per heavy atom. The molecule has 0 heterocycles. The van der Waals surface area contributed by atoms with E-state index < -0.39 is 24.0 Å². The number of aryl methyl sites for hydroxylation is 1. The van der Waals surface area contributed by atoms with Crippen LogP contribution >= 0.6 is 0 Å². The summed E-state index contributed by atoms with van der Waals surface area (Å²) in [6.07, 6.45) is 7.42. The van der Waals surface area contributed by atoms with Crippen LogP contribution in [0.25, 0.3) is 0 Å². The molecule has 5 heteroatoms. The average Bonchev–Trinajstić information content (AvgIpc) is 2.94. The molecule has 0 radical (unpaired) electrons. The molecule has 0 unspecified atom stereocenters. The van der Waals surface area contributed by atoms with Gasteiger partial charge in [0.05, 0.1) is 12.2 Å². The number of halogens is 2. The fourth-order valence-electron chi connectivity index (χ4n) is 3.84. The Labute approximate surface area is 172 Å². The highest BCUT2D eigenvalue weighted by Crippen LogP contribution is 2.37. The normalized spacial score (nSPS) is 25.3. The van der Waals surface area contributed by atoms with Crippen LogP contribution in [0.2, 0.25) is 0 Å². The topological polar surface area (TPSA) is 57.5 Å². The largest absolute Gasteiger partial charge is 0.393 e. The Hall–Kier alpha value is -1.85. The molecule has 0 aliphatic heterocycles. The molecule has 29 heavy (non-hydrogen) atoms. The van der Waals surface area contributed by atoms with E-state index >= 15 is 0 Å². The van der Waals surface area contributed by atoms with Crippen molar-refractivity contribution in [3.05, 3.63) is 60.2 Å². The van der Waals surface area contributed by atoms with Gasteiger partial charge in [-0.15, -0.1) is 0 Å². The first kappa shape index (κ1) is 23.4. The van der Waals surface area contributed by atoms with Gasteiger partial charge in [-0.25, -0.2) is 8.78 Å². The average molecular weight is 407 g/mol. The van der Waals surface area contributed by atoms with Crippen LogP contribution in [0.1, 0.15) is 51.0 Å². The molecule has 2 rings (SSSR count). The predicted octanol–water partition coefficient (Wildman–Crippen LogP) is 4.87. The third-order valence-corrected chi connectivity index (χ3v) is 5.54. The fraction of sp³-hybridized carbons (Fsp3) is 0.542. The minimum absolute atomic E-state index is 0.158. The number of rotatable bonds is 11. The van der Waals surface area contributed by atoms with Crippen LogP contribution in [0.5, 0.6) is 0 Å². The zero-order valence-electron chi connectivity index (χ0n) is 17.0. The number of carbonyl (C=O) groups is 1. The number of alkyl halides is 2. The molecule has 1 aromatic carbocycles. The molecule has 0 bridgehead atoms. The van der Waals surface area contributed by atoms with E-state index in [0.717, 1.165) is 24.5 Å². The molecule has 1 aromatic rings. The number of hydrogen-bond donors (Lipinski definition) is 2. The van der Waals surface area contributed by atoms with Gasteiger partial charge in [0.1, 0.15) is 5.78 Å². The van der Waals surface area contributed by atoms with E-state index in [0.29, 0.717) is 12.8 Å². The summed E-state index contributed by atoms with van der Waals surface area (Å²) in [7, 11) is 0. The summed E-state index contributed by atoms with van der Waals surface area (Å²) >= 11 is 0. The zero-order chi connectivity index (χ0) is 21.3. The quantitative estimate of drug-likeness (QED) is 0.407. The number of unbranched alkanes of at least 4 members (excludes halogenated alkanes) is 1. The number of Topliss-reactive ketones (excluding diaryl/α,β-unsaturated/α-hetero) is 1. The van der Waals surface area contributed by atoms with Crippen molar-refractivity contribution in [2.75, 3.05) is 0 Å². The molecule has 160 valence electrons. The molecular formula is C24H32F2O3. The first-order valence-corrected chi connectivity index (χ1v) is 10.4. The Morgan fingerprint density at radius 2 is 1.90 bits per heavy atom. The van der Waals surface area contributed by atoms with Gasteiger partial charge in [0.15, 0.2) is 0 Å². The van der Waals surface area contributed by atoms with Crippen molar-refractivity contribution < 1.29 is 23.8 Å². The lowest BCUT2D eigenvalue weighted by molar-refractivity contribution is -0.117. The summed E-state index contributed by atoms with van der Waals surface area (Å²) in [5.74, 6) is -3.58. The van der Waals surface area contributed by atoms with Crippen molar-refractivity contribution in [2.45, 2.75) is 70.0 Å². The summed E-state index contributed by atoms with van der Waals surface area (Å²) in [6, 6.07) is 9.17. The van der Waals surface area contributed by atoms with E-state index in [1.807, 2.05) is 42.5 Å². The highest BCUT2D eigenvalue weighted by atomic mass is 19.3. The molecule has 0 saturated heterocycles. The highest BCUT2D eigenvalue weighted by Gasteiger charge is 2.40. The molecule has 0 spiro atoms. The lowest BCUT2D eigenvalue weighted by Crippen LogP contribution is -2.21. The molecule has 0 aromatic heterocycles. The zero-order valence-corrected chi connectivity index (χ0v) is 17.0. The van der Waals surface area contributed by atoms with Crippen LogP contribution in [0.15, 0.2) is 54.6 Å². The van der Waals surface area contributed by atoms with E-state index in [9.17, 15) is 23.8 Å². The maximum atomic E-state index is 14.3. The second kappa shape index (κ2) is 11.4. The van der Waals surface area contributed by atoms with E-state index in [-0.39, 0.29) is 31.0 Å². The maximum absolute atomic E-state index is 14.3. The molecule has 1 aliphatic rings. The van der Waals surface area contributed by atoms with Gasteiger partial charge in [0, 0.05) is 25.2 Å². The third-order valence-electron chi connectivity index (χ3n) is 5.54. The van der Waals surface area contributed by atoms with Crippen LogP contribution in [0.3, 0.4) is 0 Å². The van der Waals surface area contributed by atoms with Crippen molar-refractivity contribution >= 4 is 5.78 Å². The Morgan fingerprint density at radius 3 is 2.59 bits per heavy atom. The Kier molecular flexibility index (Phi) is 9.18. The number of carbonyl (C=O) groups excluding carboxylic acids is 1. The first-order valence-electron chi connectivity index (χ1n) is 10.4. The maximum Gasteiger partial charge on any atom is 0.266 e. The Balaban J connectivity index is 1.89. The number of benzene rings is 1. The number of allylic oxidation sites excluding steroid dienone is 3. The van der Waals surface area contributed by atoms with Gasteiger partial charge in [-0.1, -0.05) is 48.6 Å². The van der Waals surface area contributed by atoms with Crippen molar-refractivity contribution in [1.29, 1.82) is 0 Å². The standard InChI is InChI=1S/C24H32F2O3/c1-18(27)9-5-2-3-8-12-20-21(23(29)17-22(20)28)14-16-24(25,26)15-13-19-10-6-4-7-11-19/h3-4,6-8,10-11,14,16,20-23,28-29H,2,5,9,12-13,15,17H2,1H3/b8-3-,16-14?/t20-,21-,22+,23-/m1/s1. The molecule has 1 saturated carbocycles. The summed E-state index contributed by atoms with van der Waals surface area (Å²) in [5, 5.41) is 20.4. The van der Waals surface area contributed by atoms with Crippen molar-refractivity contribution in [2.24, 2.45) is 11.8 Å². The summed E-state index contributed by atoms with van der Waals surface area (Å²) in [6.45, 7) is 1.56. The minimum Gasteiger partial charge on any atom is -0.393 e. The smallest absolute Gasteiger partial charge is 0.266 e. The monoisotopic (exact) mass is 406 g/mol. The molecular weight excluding hydrogens is 374 g/mol. The number of hydrogen-bond acceptors (Lipinski definition) is 3. The van der Waals surface area contributed by atoms with Crippen molar-refractivity contribution in [1.82, 2.24) is 0 Å². The van der Waals surface area contributed by atoms with Gasteiger partial charge >= 0.3 is 0 Å². The van der Waals surface area contributed by atoms with E-state index in [4.69, 9.17) is 0 Å². The molecule has 4 atom stereocenters. The van der Waals surface area contributed by atoms with Gasteiger partial charge in [-0.05, 0) is 50.2 Å². The molecule has 1 aliphatic carbocycles.